The number of hydrogen-bond acceptors (Lipinski definition) is 10. The van der Waals surface area contributed by atoms with Crippen LogP contribution in [0.4, 0.5) is 0 Å². The quantitative estimate of drug-likeness (QED) is 0.223. The van der Waals surface area contributed by atoms with Crippen LogP contribution in [-0.4, -0.2) is 91.4 Å². The summed E-state index contributed by atoms with van der Waals surface area (Å²) in [5, 5.41) is 67.2. The summed E-state index contributed by atoms with van der Waals surface area (Å²) in [6, 6.07) is 0. The first-order valence-electron chi connectivity index (χ1n) is 11.7. The van der Waals surface area contributed by atoms with Gasteiger partial charge in [0.2, 0.25) is 0 Å². The number of aliphatic hydroxyl groups is 6. The van der Waals surface area contributed by atoms with Gasteiger partial charge in [-0.15, -0.1) is 0 Å². The lowest BCUT2D eigenvalue weighted by atomic mass is 9.52. The van der Waals surface area contributed by atoms with E-state index in [1.54, 1.807) is 13.8 Å². The van der Waals surface area contributed by atoms with Crippen molar-refractivity contribution < 1.29 is 49.7 Å². The Kier molecular flexibility index (Phi) is 7.02. The summed E-state index contributed by atoms with van der Waals surface area (Å²) in [5.41, 5.74) is -4.29. The molecule has 0 spiro atoms. The van der Waals surface area contributed by atoms with Gasteiger partial charge >= 0.3 is 11.9 Å². The fourth-order valence-electron chi connectivity index (χ4n) is 7.11. The average Bonchev–Trinajstić information content (AvgIpc) is 2.95. The molecule has 0 bridgehead atoms. The molecule has 10 atom stereocenters. The van der Waals surface area contributed by atoms with Crippen molar-refractivity contribution in [2.24, 2.45) is 22.7 Å². The number of aliphatic hydroxyl groups excluding tert-OH is 5. The molecule has 0 aliphatic heterocycles. The molecule has 3 aliphatic carbocycles. The normalized spacial score (nSPS) is 44.7. The number of ether oxygens (including phenoxy) is 2. The Morgan fingerprint density at radius 3 is 2.12 bits per heavy atom. The summed E-state index contributed by atoms with van der Waals surface area (Å²) < 4.78 is 11.2. The minimum atomic E-state index is -1.69. The molecule has 194 valence electrons. The lowest BCUT2D eigenvalue weighted by Crippen LogP contribution is -2.66. The molecule has 0 radical (unpaired) electrons. The SMILES string of the molecule is CC(=O)OC1CC(O)C(CO)C2C(O)C3(C(C)(C)O)CC(O)C(C)=C3C(O)C(OC(C)=O)C12C. The summed E-state index contributed by atoms with van der Waals surface area (Å²) in [6.07, 6.45) is -8.13. The maximum atomic E-state index is 12.2. The van der Waals surface area contributed by atoms with Gasteiger partial charge in [0.25, 0.3) is 0 Å². The predicted octanol–water partition coefficient (Wildman–Crippen LogP) is -0.581. The predicted molar refractivity (Wildman–Crippen MR) is 118 cm³/mol. The van der Waals surface area contributed by atoms with E-state index in [0.29, 0.717) is 5.57 Å². The second kappa shape index (κ2) is 8.83. The monoisotopic (exact) mass is 486 g/mol. The Morgan fingerprint density at radius 1 is 1.09 bits per heavy atom. The Bertz CT molecular complexity index is 862. The zero-order valence-corrected chi connectivity index (χ0v) is 20.6. The zero-order valence-electron chi connectivity index (χ0n) is 20.6. The second-order valence-electron chi connectivity index (χ2n) is 10.9. The van der Waals surface area contributed by atoms with E-state index in [1.165, 1.54) is 20.8 Å². The van der Waals surface area contributed by atoms with Gasteiger partial charge in [-0.25, -0.2) is 0 Å². The highest BCUT2D eigenvalue weighted by molar-refractivity contribution is 5.67. The van der Waals surface area contributed by atoms with Crippen LogP contribution < -0.4 is 0 Å². The van der Waals surface area contributed by atoms with Gasteiger partial charge in [-0.3, -0.25) is 9.59 Å². The van der Waals surface area contributed by atoms with Crippen molar-refractivity contribution >= 4 is 11.9 Å². The van der Waals surface area contributed by atoms with Crippen LogP contribution in [0.2, 0.25) is 0 Å². The molecule has 34 heavy (non-hydrogen) atoms. The molecule has 0 aromatic heterocycles. The lowest BCUT2D eigenvalue weighted by molar-refractivity contribution is -0.239. The molecule has 0 amide bonds. The molecular weight excluding hydrogens is 448 g/mol. The minimum absolute atomic E-state index is 0.120. The summed E-state index contributed by atoms with van der Waals surface area (Å²) in [4.78, 5) is 24.2. The van der Waals surface area contributed by atoms with Crippen molar-refractivity contribution in [1.29, 1.82) is 0 Å². The van der Waals surface area contributed by atoms with Crippen molar-refractivity contribution in [1.82, 2.24) is 0 Å². The van der Waals surface area contributed by atoms with Gasteiger partial charge < -0.3 is 40.1 Å². The number of carbonyl (C=O) groups excluding carboxylic acids is 2. The van der Waals surface area contributed by atoms with Gasteiger partial charge in [-0.2, -0.15) is 0 Å². The Labute approximate surface area is 199 Å². The van der Waals surface area contributed by atoms with Gasteiger partial charge in [0, 0.05) is 38.7 Å². The number of esters is 2. The van der Waals surface area contributed by atoms with Crippen LogP contribution in [0.25, 0.3) is 0 Å². The molecule has 0 aromatic carbocycles. The highest BCUT2D eigenvalue weighted by Gasteiger charge is 2.72. The number of hydrogen-bond donors (Lipinski definition) is 6. The first kappa shape index (κ1) is 27.0. The van der Waals surface area contributed by atoms with E-state index in [9.17, 15) is 40.2 Å². The molecule has 10 nitrogen and oxygen atoms in total. The second-order valence-corrected chi connectivity index (χ2v) is 10.9. The van der Waals surface area contributed by atoms with E-state index in [4.69, 9.17) is 9.47 Å². The van der Waals surface area contributed by atoms with Crippen LogP contribution in [0.5, 0.6) is 0 Å². The Morgan fingerprint density at radius 2 is 1.65 bits per heavy atom. The molecule has 10 heteroatoms. The zero-order chi connectivity index (χ0) is 26.0. The summed E-state index contributed by atoms with van der Waals surface area (Å²) in [7, 11) is 0. The standard InChI is InChI=1S/C24H38O10/c1-10-15(29)8-24(22(4,5)32)17(10)19(30)21(34-12(3)27)23(6)16(33-11(2)26)7-14(28)13(9-25)18(23)20(24)31/h13-16,18-21,25,28-32H,7-9H2,1-6H3. The topological polar surface area (TPSA) is 174 Å². The van der Waals surface area contributed by atoms with Crippen molar-refractivity contribution in [3.8, 4) is 0 Å². The number of rotatable bonds is 4. The molecule has 3 rings (SSSR count). The van der Waals surface area contributed by atoms with E-state index in [2.05, 4.69) is 0 Å². The highest BCUT2D eigenvalue weighted by atomic mass is 16.6. The smallest absolute Gasteiger partial charge is 0.303 e. The molecule has 0 heterocycles. The van der Waals surface area contributed by atoms with Crippen molar-refractivity contribution in [2.45, 2.75) is 96.6 Å². The highest BCUT2D eigenvalue weighted by Crippen LogP contribution is 2.64. The van der Waals surface area contributed by atoms with E-state index < -0.39 is 83.4 Å². The summed E-state index contributed by atoms with van der Waals surface area (Å²) in [6.45, 7) is 7.85. The Balaban J connectivity index is 2.42. The van der Waals surface area contributed by atoms with E-state index in [-0.39, 0.29) is 18.4 Å². The average molecular weight is 487 g/mol. The van der Waals surface area contributed by atoms with Crippen LogP contribution >= 0.6 is 0 Å². The van der Waals surface area contributed by atoms with Crippen LogP contribution in [0.3, 0.4) is 0 Å². The minimum Gasteiger partial charge on any atom is -0.462 e. The molecular formula is C24H38O10. The molecule has 10 unspecified atom stereocenters. The number of carbonyl (C=O) groups is 2. The van der Waals surface area contributed by atoms with Crippen molar-refractivity contribution in [3.63, 3.8) is 0 Å². The first-order chi connectivity index (χ1) is 15.5. The largest absolute Gasteiger partial charge is 0.462 e. The third kappa shape index (κ3) is 3.70. The van der Waals surface area contributed by atoms with E-state index in [0.717, 1.165) is 6.92 Å². The van der Waals surface area contributed by atoms with Crippen molar-refractivity contribution in [2.75, 3.05) is 6.61 Å². The summed E-state index contributed by atoms with van der Waals surface area (Å²) >= 11 is 0. The fourth-order valence-corrected chi connectivity index (χ4v) is 7.11. The number of fused-ring (bicyclic) bond motifs is 2. The van der Waals surface area contributed by atoms with Gasteiger partial charge in [-0.1, -0.05) is 6.92 Å². The van der Waals surface area contributed by atoms with Crippen LogP contribution in [-0.2, 0) is 19.1 Å². The van der Waals surface area contributed by atoms with Gasteiger partial charge in [-0.05, 0) is 38.3 Å². The first-order valence-corrected chi connectivity index (χ1v) is 11.7. The van der Waals surface area contributed by atoms with E-state index in [1.807, 2.05) is 0 Å². The third-order valence-corrected chi connectivity index (χ3v) is 8.69. The Hall–Kier alpha value is -1.56. The molecule has 2 saturated carbocycles. The van der Waals surface area contributed by atoms with Crippen LogP contribution in [0.1, 0.15) is 54.4 Å². The molecule has 0 aromatic rings. The van der Waals surface area contributed by atoms with Crippen molar-refractivity contribution in [3.05, 3.63) is 11.1 Å². The van der Waals surface area contributed by atoms with E-state index >= 15 is 0 Å². The van der Waals surface area contributed by atoms with Crippen LogP contribution in [0.15, 0.2) is 11.1 Å². The molecule has 2 fully saturated rings. The molecule has 0 saturated heterocycles. The maximum absolute atomic E-state index is 12.2. The maximum Gasteiger partial charge on any atom is 0.303 e. The summed E-state index contributed by atoms with van der Waals surface area (Å²) in [5.74, 6) is -3.47. The fraction of sp³-hybridized carbons (Fsp3) is 0.833. The lowest BCUT2D eigenvalue weighted by Gasteiger charge is -2.57. The third-order valence-electron chi connectivity index (χ3n) is 8.69. The van der Waals surface area contributed by atoms with Crippen LogP contribution in [0, 0.1) is 22.7 Å². The molecule has 6 N–H and O–H groups in total. The van der Waals surface area contributed by atoms with Gasteiger partial charge in [0.15, 0.2) is 0 Å². The molecule has 3 aliphatic rings. The van der Waals surface area contributed by atoms with Gasteiger partial charge in [0.05, 0.1) is 34.7 Å². The van der Waals surface area contributed by atoms with Gasteiger partial charge in [0.1, 0.15) is 18.3 Å².